The minimum Gasteiger partial charge on any atom is -0.380 e. The molecule has 1 aromatic rings. The fraction of sp³-hybridized carbons (Fsp3) is 0.692. The van der Waals surface area contributed by atoms with E-state index in [-0.39, 0.29) is 5.56 Å². The Labute approximate surface area is 114 Å². The molecule has 0 bridgehead atoms. The lowest BCUT2D eigenvalue weighted by molar-refractivity contribution is 0.149. The van der Waals surface area contributed by atoms with E-state index < -0.39 is 0 Å². The van der Waals surface area contributed by atoms with Crippen LogP contribution in [0.2, 0.25) is 0 Å². The van der Waals surface area contributed by atoms with Gasteiger partial charge in [0.25, 0.3) is 5.56 Å². The van der Waals surface area contributed by atoms with E-state index in [1.165, 1.54) is 4.68 Å². The zero-order valence-corrected chi connectivity index (χ0v) is 12.1. The van der Waals surface area contributed by atoms with Crippen LogP contribution >= 0.6 is 0 Å². The summed E-state index contributed by atoms with van der Waals surface area (Å²) in [5, 5.41) is 7.38. The van der Waals surface area contributed by atoms with Crippen LogP contribution in [-0.2, 0) is 11.3 Å². The third-order valence-electron chi connectivity index (χ3n) is 2.90. The van der Waals surface area contributed by atoms with Gasteiger partial charge in [-0.2, -0.15) is 5.10 Å². The van der Waals surface area contributed by atoms with Gasteiger partial charge in [0.15, 0.2) is 0 Å². The van der Waals surface area contributed by atoms with Crippen molar-refractivity contribution in [3.05, 3.63) is 22.6 Å². The summed E-state index contributed by atoms with van der Waals surface area (Å²) in [5.74, 6) is 0. The van der Waals surface area contributed by atoms with Gasteiger partial charge in [0.1, 0.15) is 0 Å². The van der Waals surface area contributed by atoms with E-state index in [0.29, 0.717) is 19.7 Å². The molecule has 6 nitrogen and oxygen atoms in total. The largest absolute Gasteiger partial charge is 0.380 e. The molecule has 0 saturated carbocycles. The summed E-state index contributed by atoms with van der Waals surface area (Å²) in [6.45, 7) is 8.35. The maximum atomic E-state index is 11.8. The zero-order chi connectivity index (χ0) is 14.1. The summed E-state index contributed by atoms with van der Waals surface area (Å²) in [7, 11) is 1.94. The van der Waals surface area contributed by atoms with Crippen molar-refractivity contribution in [1.29, 1.82) is 0 Å². The molecule has 6 heteroatoms. The average molecular weight is 268 g/mol. The molecule has 0 aromatic carbocycles. The van der Waals surface area contributed by atoms with Crippen LogP contribution in [0.15, 0.2) is 17.1 Å². The predicted octanol–water partition coefficient (Wildman–Crippen LogP) is 0.326. The number of nitrogens with one attached hydrogen (secondary N) is 1. The first-order valence-electron chi connectivity index (χ1n) is 6.75. The Morgan fingerprint density at radius 3 is 2.84 bits per heavy atom. The number of ether oxygens (including phenoxy) is 1. The van der Waals surface area contributed by atoms with E-state index in [1.54, 1.807) is 12.3 Å². The van der Waals surface area contributed by atoms with Crippen LogP contribution in [-0.4, -0.2) is 49.7 Å². The van der Waals surface area contributed by atoms with Crippen molar-refractivity contribution < 1.29 is 4.74 Å². The summed E-state index contributed by atoms with van der Waals surface area (Å²) < 4.78 is 6.68. The fourth-order valence-electron chi connectivity index (χ4n) is 1.58. The van der Waals surface area contributed by atoms with Crippen LogP contribution in [0.1, 0.15) is 13.8 Å². The quantitative estimate of drug-likeness (QED) is 0.654. The molecule has 0 amide bonds. The topological polar surface area (TPSA) is 59.4 Å². The standard InChI is InChI=1S/C13H24N4O2/c1-4-16(3)12-10-13(18)17(15-11-12)8-6-14-7-9-19-5-2/h10-11,14H,4-9H2,1-3H3. The van der Waals surface area contributed by atoms with Gasteiger partial charge in [0, 0.05) is 39.4 Å². The molecule has 1 rings (SSSR count). The van der Waals surface area contributed by atoms with E-state index in [0.717, 1.165) is 25.4 Å². The molecule has 108 valence electrons. The highest BCUT2D eigenvalue weighted by Crippen LogP contribution is 2.05. The Bertz CT molecular complexity index is 419. The van der Waals surface area contributed by atoms with E-state index in [4.69, 9.17) is 4.74 Å². The first-order valence-corrected chi connectivity index (χ1v) is 6.75. The molecular formula is C13H24N4O2. The smallest absolute Gasteiger partial charge is 0.268 e. The van der Waals surface area contributed by atoms with Gasteiger partial charge in [-0.3, -0.25) is 4.79 Å². The summed E-state index contributed by atoms with van der Waals surface area (Å²) in [6, 6.07) is 1.62. The van der Waals surface area contributed by atoms with Gasteiger partial charge in [0.05, 0.1) is 25.0 Å². The molecule has 0 unspecified atom stereocenters. The second kappa shape index (κ2) is 8.66. The Morgan fingerprint density at radius 1 is 1.42 bits per heavy atom. The Hall–Kier alpha value is -1.40. The van der Waals surface area contributed by atoms with Crippen molar-refractivity contribution in [1.82, 2.24) is 15.1 Å². The minimum atomic E-state index is -0.0654. The van der Waals surface area contributed by atoms with Crippen molar-refractivity contribution in [2.45, 2.75) is 20.4 Å². The zero-order valence-electron chi connectivity index (χ0n) is 12.1. The second-order valence-corrected chi connectivity index (χ2v) is 4.24. The third-order valence-corrected chi connectivity index (χ3v) is 2.90. The molecule has 0 spiro atoms. The van der Waals surface area contributed by atoms with Gasteiger partial charge in [-0.25, -0.2) is 4.68 Å². The van der Waals surface area contributed by atoms with Crippen molar-refractivity contribution in [2.24, 2.45) is 0 Å². The van der Waals surface area contributed by atoms with E-state index >= 15 is 0 Å². The van der Waals surface area contributed by atoms with Crippen LogP contribution in [0, 0.1) is 0 Å². The molecule has 1 N–H and O–H groups in total. The lowest BCUT2D eigenvalue weighted by atomic mass is 10.4. The molecule has 0 aliphatic heterocycles. The highest BCUT2D eigenvalue weighted by molar-refractivity contribution is 5.41. The van der Waals surface area contributed by atoms with Crippen LogP contribution in [0.5, 0.6) is 0 Å². The second-order valence-electron chi connectivity index (χ2n) is 4.24. The number of hydrogen-bond acceptors (Lipinski definition) is 5. The Balaban J connectivity index is 2.40. The summed E-state index contributed by atoms with van der Waals surface area (Å²) in [5.41, 5.74) is 0.789. The summed E-state index contributed by atoms with van der Waals surface area (Å²) in [4.78, 5) is 13.8. The SMILES string of the molecule is CCOCCNCCn1ncc(N(C)CC)cc1=O. The summed E-state index contributed by atoms with van der Waals surface area (Å²) in [6.07, 6.45) is 1.73. The molecule has 0 atom stereocenters. The van der Waals surface area contributed by atoms with Gasteiger partial charge < -0.3 is 15.0 Å². The van der Waals surface area contributed by atoms with Gasteiger partial charge in [-0.1, -0.05) is 0 Å². The van der Waals surface area contributed by atoms with E-state index in [9.17, 15) is 4.79 Å². The monoisotopic (exact) mass is 268 g/mol. The molecule has 0 aliphatic carbocycles. The van der Waals surface area contributed by atoms with Crippen molar-refractivity contribution in [3.8, 4) is 0 Å². The average Bonchev–Trinajstić information content (AvgIpc) is 2.43. The maximum absolute atomic E-state index is 11.8. The normalized spacial score (nSPS) is 10.7. The lowest BCUT2D eigenvalue weighted by Crippen LogP contribution is -2.31. The number of anilines is 1. The Morgan fingerprint density at radius 2 is 2.21 bits per heavy atom. The van der Waals surface area contributed by atoms with Crippen molar-refractivity contribution >= 4 is 5.69 Å². The van der Waals surface area contributed by atoms with E-state index in [2.05, 4.69) is 10.4 Å². The highest BCUT2D eigenvalue weighted by atomic mass is 16.5. The van der Waals surface area contributed by atoms with Crippen LogP contribution in [0.3, 0.4) is 0 Å². The molecular weight excluding hydrogens is 244 g/mol. The maximum Gasteiger partial charge on any atom is 0.268 e. The first kappa shape index (κ1) is 15.7. The Kier molecular flexibility index (Phi) is 7.14. The molecule has 0 saturated heterocycles. The van der Waals surface area contributed by atoms with Crippen LogP contribution in [0.25, 0.3) is 0 Å². The number of aromatic nitrogens is 2. The van der Waals surface area contributed by atoms with Gasteiger partial charge in [-0.15, -0.1) is 0 Å². The minimum absolute atomic E-state index is 0.0654. The molecule has 0 fully saturated rings. The number of hydrogen-bond donors (Lipinski definition) is 1. The van der Waals surface area contributed by atoms with Gasteiger partial charge in [-0.05, 0) is 13.8 Å². The van der Waals surface area contributed by atoms with E-state index in [1.807, 2.05) is 25.8 Å². The molecule has 0 aliphatic rings. The van der Waals surface area contributed by atoms with Crippen LogP contribution in [0.4, 0.5) is 5.69 Å². The molecule has 19 heavy (non-hydrogen) atoms. The molecule has 1 aromatic heterocycles. The van der Waals surface area contributed by atoms with Gasteiger partial charge >= 0.3 is 0 Å². The van der Waals surface area contributed by atoms with Crippen molar-refractivity contribution in [3.63, 3.8) is 0 Å². The third kappa shape index (κ3) is 5.40. The predicted molar refractivity (Wildman–Crippen MR) is 76.8 cm³/mol. The summed E-state index contributed by atoms with van der Waals surface area (Å²) >= 11 is 0. The first-order chi connectivity index (χ1) is 9.19. The molecule has 1 heterocycles. The highest BCUT2D eigenvalue weighted by Gasteiger charge is 2.02. The van der Waals surface area contributed by atoms with Gasteiger partial charge in [0.2, 0.25) is 0 Å². The van der Waals surface area contributed by atoms with Crippen LogP contribution < -0.4 is 15.8 Å². The molecule has 0 radical (unpaired) electrons. The fourth-order valence-corrected chi connectivity index (χ4v) is 1.58. The van der Waals surface area contributed by atoms with Crippen molar-refractivity contribution in [2.75, 3.05) is 44.8 Å². The number of nitrogens with zero attached hydrogens (tertiary/aromatic N) is 3. The number of rotatable bonds is 9. The lowest BCUT2D eigenvalue weighted by Gasteiger charge is -2.16.